The summed E-state index contributed by atoms with van der Waals surface area (Å²) >= 11 is 0. The van der Waals surface area contributed by atoms with Gasteiger partial charge in [-0.2, -0.15) is 0 Å². The Balaban J connectivity index is 2.24. The first-order valence-corrected chi connectivity index (χ1v) is 6.60. The van der Waals surface area contributed by atoms with E-state index in [0.29, 0.717) is 11.5 Å². The minimum absolute atomic E-state index is 0.359. The molecule has 0 amide bonds. The first-order valence-electron chi connectivity index (χ1n) is 6.60. The lowest BCUT2D eigenvalue weighted by atomic mass is 9.72. The van der Waals surface area contributed by atoms with Crippen molar-refractivity contribution >= 4 is 0 Å². The summed E-state index contributed by atoms with van der Waals surface area (Å²) in [6.07, 6.45) is 6.64. The van der Waals surface area contributed by atoms with Crippen molar-refractivity contribution in [3.63, 3.8) is 0 Å². The molecule has 1 saturated heterocycles. The minimum Gasteiger partial charge on any atom is -0.328 e. The summed E-state index contributed by atoms with van der Waals surface area (Å²) in [7, 11) is 0. The van der Waals surface area contributed by atoms with E-state index in [-0.39, 0.29) is 0 Å². The molecular formula is C13H28N2. The lowest BCUT2D eigenvalue weighted by Gasteiger charge is -2.51. The molecule has 0 saturated carbocycles. The van der Waals surface area contributed by atoms with Crippen LogP contribution in [-0.4, -0.2) is 30.6 Å². The summed E-state index contributed by atoms with van der Waals surface area (Å²) in [5.74, 6) is 0. The summed E-state index contributed by atoms with van der Waals surface area (Å²) in [5, 5.41) is 0. The van der Waals surface area contributed by atoms with Gasteiger partial charge in [0.2, 0.25) is 0 Å². The third kappa shape index (κ3) is 3.76. The van der Waals surface area contributed by atoms with Gasteiger partial charge in [-0.15, -0.1) is 0 Å². The largest absolute Gasteiger partial charge is 0.328 e. The molecule has 1 aliphatic rings. The zero-order valence-corrected chi connectivity index (χ0v) is 10.8. The van der Waals surface area contributed by atoms with Crippen LogP contribution >= 0.6 is 0 Å². The Morgan fingerprint density at radius 3 is 2.13 bits per heavy atom. The van der Waals surface area contributed by atoms with Crippen molar-refractivity contribution in [1.82, 2.24) is 4.90 Å². The highest BCUT2D eigenvalue weighted by Gasteiger charge is 2.40. The van der Waals surface area contributed by atoms with E-state index in [4.69, 9.17) is 5.73 Å². The van der Waals surface area contributed by atoms with E-state index in [9.17, 15) is 0 Å². The molecule has 1 unspecified atom stereocenters. The van der Waals surface area contributed by atoms with Gasteiger partial charge in [0.05, 0.1) is 0 Å². The summed E-state index contributed by atoms with van der Waals surface area (Å²) < 4.78 is 0. The summed E-state index contributed by atoms with van der Waals surface area (Å²) in [6, 6.07) is 0.359. The Morgan fingerprint density at radius 2 is 1.73 bits per heavy atom. The van der Waals surface area contributed by atoms with Crippen LogP contribution < -0.4 is 5.73 Å². The van der Waals surface area contributed by atoms with Crippen LogP contribution in [0.1, 0.15) is 52.9 Å². The Kier molecular flexibility index (Phi) is 5.07. The van der Waals surface area contributed by atoms with Gasteiger partial charge in [0, 0.05) is 19.1 Å². The quantitative estimate of drug-likeness (QED) is 0.703. The van der Waals surface area contributed by atoms with Crippen LogP contribution in [0.2, 0.25) is 0 Å². The molecule has 1 aliphatic heterocycles. The molecule has 0 aromatic heterocycles. The van der Waals surface area contributed by atoms with E-state index >= 15 is 0 Å². The zero-order valence-electron chi connectivity index (χ0n) is 10.8. The van der Waals surface area contributed by atoms with Crippen LogP contribution in [0.3, 0.4) is 0 Å². The van der Waals surface area contributed by atoms with Gasteiger partial charge in [-0.3, -0.25) is 0 Å². The molecule has 0 bridgehead atoms. The number of hydrogen-bond donors (Lipinski definition) is 1. The van der Waals surface area contributed by atoms with Gasteiger partial charge in [-0.25, -0.2) is 0 Å². The molecule has 2 N–H and O–H groups in total. The molecule has 1 fully saturated rings. The molecule has 1 atom stereocenters. The highest BCUT2D eigenvalue weighted by Crippen LogP contribution is 2.39. The fourth-order valence-electron chi connectivity index (χ4n) is 2.95. The van der Waals surface area contributed by atoms with Gasteiger partial charge >= 0.3 is 0 Å². The molecule has 15 heavy (non-hydrogen) atoms. The van der Waals surface area contributed by atoms with E-state index in [1.165, 1.54) is 45.3 Å². The van der Waals surface area contributed by atoms with Crippen molar-refractivity contribution in [1.29, 1.82) is 0 Å². The van der Waals surface area contributed by atoms with E-state index in [0.717, 1.165) is 6.42 Å². The summed E-state index contributed by atoms with van der Waals surface area (Å²) in [5.41, 5.74) is 6.45. The van der Waals surface area contributed by atoms with Crippen molar-refractivity contribution in [2.24, 2.45) is 11.1 Å². The zero-order chi connectivity index (χ0) is 11.3. The van der Waals surface area contributed by atoms with Crippen LogP contribution in [0.15, 0.2) is 0 Å². The normalized spacial score (nSPS) is 22.4. The summed E-state index contributed by atoms with van der Waals surface area (Å²) in [6.45, 7) is 10.6. The average molecular weight is 212 g/mol. The predicted octanol–water partition coefficient (Wildman–Crippen LogP) is 2.63. The van der Waals surface area contributed by atoms with Gasteiger partial charge in [0.15, 0.2) is 0 Å². The van der Waals surface area contributed by atoms with Crippen molar-refractivity contribution in [3.8, 4) is 0 Å². The second-order valence-electron chi connectivity index (χ2n) is 5.48. The lowest BCUT2D eigenvalue weighted by Crippen LogP contribution is -2.56. The second-order valence-corrected chi connectivity index (χ2v) is 5.48. The average Bonchev–Trinajstić information content (AvgIpc) is 2.11. The molecule has 0 spiro atoms. The van der Waals surface area contributed by atoms with Gasteiger partial charge in [0.25, 0.3) is 0 Å². The SMILES string of the molecule is CCCC1(CCC)CN(CCC(C)N)C1. The Bertz CT molecular complexity index is 163. The number of rotatable bonds is 7. The summed E-state index contributed by atoms with van der Waals surface area (Å²) in [4.78, 5) is 2.58. The maximum atomic E-state index is 5.78. The molecule has 2 heteroatoms. The van der Waals surface area contributed by atoms with Crippen molar-refractivity contribution in [3.05, 3.63) is 0 Å². The lowest BCUT2D eigenvalue weighted by molar-refractivity contribution is -0.0156. The first kappa shape index (κ1) is 13.0. The fourth-order valence-corrected chi connectivity index (χ4v) is 2.95. The topological polar surface area (TPSA) is 29.3 Å². The van der Waals surface area contributed by atoms with Crippen LogP contribution in [-0.2, 0) is 0 Å². The minimum atomic E-state index is 0.359. The van der Waals surface area contributed by atoms with Crippen molar-refractivity contribution in [2.75, 3.05) is 19.6 Å². The van der Waals surface area contributed by atoms with Crippen LogP contribution in [0, 0.1) is 5.41 Å². The molecule has 1 heterocycles. The van der Waals surface area contributed by atoms with Gasteiger partial charge in [-0.1, -0.05) is 26.7 Å². The Hall–Kier alpha value is -0.0800. The number of nitrogens with two attached hydrogens (primary N) is 1. The predicted molar refractivity (Wildman–Crippen MR) is 67.0 cm³/mol. The van der Waals surface area contributed by atoms with E-state index in [1.54, 1.807) is 0 Å². The highest BCUT2D eigenvalue weighted by atomic mass is 15.2. The van der Waals surface area contributed by atoms with Gasteiger partial charge in [-0.05, 0) is 38.1 Å². The van der Waals surface area contributed by atoms with E-state index in [2.05, 4.69) is 25.7 Å². The maximum absolute atomic E-state index is 5.78. The molecule has 90 valence electrons. The molecule has 2 nitrogen and oxygen atoms in total. The highest BCUT2D eigenvalue weighted by molar-refractivity contribution is 4.94. The first-order chi connectivity index (χ1) is 7.12. The molecular weight excluding hydrogens is 184 g/mol. The molecule has 0 aliphatic carbocycles. The fraction of sp³-hybridized carbons (Fsp3) is 1.00. The van der Waals surface area contributed by atoms with Crippen molar-refractivity contribution in [2.45, 2.75) is 58.9 Å². The standard InChI is InChI=1S/C13H28N2/c1-4-7-13(8-5-2)10-15(11-13)9-6-12(3)14/h12H,4-11,14H2,1-3H3. The van der Waals surface area contributed by atoms with Crippen LogP contribution in [0.25, 0.3) is 0 Å². The number of hydrogen-bond acceptors (Lipinski definition) is 2. The van der Waals surface area contributed by atoms with Crippen LogP contribution in [0.4, 0.5) is 0 Å². The molecule has 1 rings (SSSR count). The molecule has 0 aromatic rings. The smallest absolute Gasteiger partial charge is 0.00505 e. The van der Waals surface area contributed by atoms with E-state index in [1.807, 2.05) is 0 Å². The van der Waals surface area contributed by atoms with Gasteiger partial charge in [0.1, 0.15) is 0 Å². The third-order valence-corrected chi connectivity index (χ3v) is 3.58. The number of likely N-dealkylation sites (tertiary alicyclic amines) is 1. The third-order valence-electron chi connectivity index (χ3n) is 3.58. The van der Waals surface area contributed by atoms with Crippen molar-refractivity contribution < 1.29 is 0 Å². The maximum Gasteiger partial charge on any atom is 0.00505 e. The second kappa shape index (κ2) is 5.86. The number of nitrogens with zero attached hydrogens (tertiary/aromatic N) is 1. The Morgan fingerprint density at radius 1 is 1.20 bits per heavy atom. The molecule has 0 radical (unpaired) electrons. The monoisotopic (exact) mass is 212 g/mol. The van der Waals surface area contributed by atoms with Crippen LogP contribution in [0.5, 0.6) is 0 Å². The Labute approximate surface area is 95.2 Å². The van der Waals surface area contributed by atoms with Gasteiger partial charge < -0.3 is 10.6 Å². The van der Waals surface area contributed by atoms with E-state index < -0.39 is 0 Å². The molecule has 0 aromatic carbocycles.